The van der Waals surface area contributed by atoms with Gasteiger partial charge in [0.05, 0.1) is 6.61 Å². The molecule has 0 N–H and O–H groups in total. The zero-order valence-corrected chi connectivity index (χ0v) is 9.38. The molecule has 0 rings (SSSR count). The second-order valence-electron chi connectivity index (χ2n) is 3.25. The van der Waals surface area contributed by atoms with Crippen molar-refractivity contribution in [3.8, 4) is 0 Å². The fourth-order valence-electron chi connectivity index (χ4n) is 0.943. The highest BCUT2D eigenvalue weighted by molar-refractivity contribution is 5.68. The number of carbonyl (C=O) groups excluding carboxylic acids is 1. The van der Waals surface area contributed by atoms with E-state index in [-0.39, 0.29) is 5.97 Å². The predicted molar refractivity (Wildman–Crippen MR) is 56.2 cm³/mol. The van der Waals surface area contributed by atoms with Crippen LogP contribution in [0.4, 0.5) is 0 Å². The fraction of sp³-hybridized carbons (Fsp3) is 0.909. The summed E-state index contributed by atoms with van der Waals surface area (Å²) in [4.78, 5) is 10.7. The van der Waals surface area contributed by atoms with Gasteiger partial charge in [-0.1, -0.05) is 20.3 Å². The van der Waals surface area contributed by atoms with Gasteiger partial charge in [-0.05, 0) is 19.3 Å². The molecule has 0 aromatic rings. The summed E-state index contributed by atoms with van der Waals surface area (Å²) in [5, 5.41) is 0. The van der Waals surface area contributed by atoms with E-state index < -0.39 is 0 Å². The van der Waals surface area contributed by atoms with E-state index in [4.69, 9.17) is 9.47 Å². The van der Waals surface area contributed by atoms with Gasteiger partial charge in [-0.25, -0.2) is 0 Å². The minimum absolute atomic E-state index is 0.114. The zero-order chi connectivity index (χ0) is 10.6. The normalized spacial score (nSPS) is 10.1. The van der Waals surface area contributed by atoms with E-state index in [0.717, 1.165) is 32.5 Å². The van der Waals surface area contributed by atoms with Gasteiger partial charge in [0.1, 0.15) is 0 Å². The van der Waals surface area contributed by atoms with Crippen molar-refractivity contribution in [2.24, 2.45) is 0 Å². The summed E-state index contributed by atoms with van der Waals surface area (Å²) in [6, 6.07) is 0. The van der Waals surface area contributed by atoms with Crippen LogP contribution in [0.1, 0.15) is 46.0 Å². The molecule has 0 saturated heterocycles. The largest absolute Gasteiger partial charge is 0.466 e. The Hall–Kier alpha value is -0.570. The lowest BCUT2D eigenvalue weighted by Gasteiger charge is -2.04. The SMILES string of the molecule is CCCCOCCCCOC(=O)CC. The third kappa shape index (κ3) is 9.52. The van der Waals surface area contributed by atoms with Crippen molar-refractivity contribution in [1.29, 1.82) is 0 Å². The average Bonchev–Trinajstić information content (AvgIpc) is 2.21. The summed E-state index contributed by atoms with van der Waals surface area (Å²) >= 11 is 0. The number of ether oxygens (including phenoxy) is 2. The van der Waals surface area contributed by atoms with E-state index in [0.29, 0.717) is 13.0 Å². The first kappa shape index (κ1) is 13.4. The maximum atomic E-state index is 10.7. The molecule has 0 aliphatic heterocycles. The van der Waals surface area contributed by atoms with Crippen LogP contribution in [0.15, 0.2) is 0 Å². The highest BCUT2D eigenvalue weighted by atomic mass is 16.5. The third-order valence-corrected chi connectivity index (χ3v) is 1.88. The topological polar surface area (TPSA) is 35.5 Å². The molecule has 0 aliphatic carbocycles. The van der Waals surface area contributed by atoms with Gasteiger partial charge in [0.15, 0.2) is 0 Å². The summed E-state index contributed by atoms with van der Waals surface area (Å²) in [5.74, 6) is -0.114. The van der Waals surface area contributed by atoms with Crippen molar-refractivity contribution in [3.63, 3.8) is 0 Å². The van der Waals surface area contributed by atoms with Crippen molar-refractivity contribution in [2.45, 2.75) is 46.0 Å². The summed E-state index contributed by atoms with van der Waals surface area (Å²) < 4.78 is 10.3. The van der Waals surface area contributed by atoms with E-state index in [2.05, 4.69) is 6.92 Å². The maximum Gasteiger partial charge on any atom is 0.305 e. The molecule has 0 saturated carbocycles. The monoisotopic (exact) mass is 202 g/mol. The van der Waals surface area contributed by atoms with Gasteiger partial charge in [0.25, 0.3) is 0 Å². The first-order valence-electron chi connectivity index (χ1n) is 5.54. The maximum absolute atomic E-state index is 10.7. The number of rotatable bonds is 9. The van der Waals surface area contributed by atoms with E-state index in [1.165, 1.54) is 6.42 Å². The summed E-state index contributed by atoms with van der Waals surface area (Å²) in [5.41, 5.74) is 0. The van der Waals surface area contributed by atoms with Gasteiger partial charge in [-0.15, -0.1) is 0 Å². The van der Waals surface area contributed by atoms with Crippen molar-refractivity contribution in [3.05, 3.63) is 0 Å². The molecule has 0 aliphatic rings. The Morgan fingerprint density at radius 3 is 2.29 bits per heavy atom. The van der Waals surface area contributed by atoms with Gasteiger partial charge in [0, 0.05) is 19.6 Å². The van der Waals surface area contributed by atoms with Gasteiger partial charge < -0.3 is 9.47 Å². The second kappa shape index (κ2) is 10.5. The number of esters is 1. The lowest BCUT2D eigenvalue weighted by molar-refractivity contribution is -0.143. The molecule has 0 spiro atoms. The Bertz CT molecular complexity index is 134. The van der Waals surface area contributed by atoms with Crippen molar-refractivity contribution in [2.75, 3.05) is 19.8 Å². The summed E-state index contributed by atoms with van der Waals surface area (Å²) in [6.45, 7) is 6.11. The van der Waals surface area contributed by atoms with E-state index in [9.17, 15) is 4.79 Å². The molecule has 0 bridgehead atoms. The van der Waals surface area contributed by atoms with Crippen LogP contribution < -0.4 is 0 Å². The number of carbonyl (C=O) groups is 1. The standard InChI is InChI=1S/C11H22O3/c1-3-5-8-13-9-6-7-10-14-11(12)4-2/h3-10H2,1-2H3. The average molecular weight is 202 g/mol. The minimum Gasteiger partial charge on any atom is -0.466 e. The number of hydrogen-bond donors (Lipinski definition) is 0. The predicted octanol–water partition coefficient (Wildman–Crippen LogP) is 2.54. The number of unbranched alkanes of at least 4 members (excludes halogenated alkanes) is 2. The molecular formula is C11H22O3. The smallest absolute Gasteiger partial charge is 0.305 e. The molecule has 84 valence electrons. The number of hydrogen-bond acceptors (Lipinski definition) is 3. The Morgan fingerprint density at radius 2 is 1.64 bits per heavy atom. The summed E-state index contributed by atoms with van der Waals surface area (Å²) in [7, 11) is 0. The van der Waals surface area contributed by atoms with E-state index in [1.807, 2.05) is 0 Å². The third-order valence-electron chi connectivity index (χ3n) is 1.88. The second-order valence-corrected chi connectivity index (χ2v) is 3.25. The Labute approximate surface area is 86.8 Å². The molecule has 0 heterocycles. The lowest BCUT2D eigenvalue weighted by Crippen LogP contribution is -2.05. The highest BCUT2D eigenvalue weighted by Crippen LogP contribution is 1.95. The molecule has 3 nitrogen and oxygen atoms in total. The first-order chi connectivity index (χ1) is 6.81. The van der Waals surface area contributed by atoms with E-state index in [1.54, 1.807) is 6.92 Å². The van der Waals surface area contributed by atoms with Crippen LogP contribution in [0.3, 0.4) is 0 Å². The first-order valence-corrected chi connectivity index (χ1v) is 5.54. The van der Waals surface area contributed by atoms with Crippen LogP contribution in [0, 0.1) is 0 Å². The van der Waals surface area contributed by atoms with E-state index >= 15 is 0 Å². The summed E-state index contributed by atoms with van der Waals surface area (Å²) in [6.07, 6.45) is 4.64. The van der Waals surface area contributed by atoms with Gasteiger partial charge in [0.2, 0.25) is 0 Å². The van der Waals surface area contributed by atoms with Gasteiger partial charge in [-0.3, -0.25) is 4.79 Å². The molecule has 0 unspecified atom stereocenters. The van der Waals surface area contributed by atoms with Gasteiger partial charge in [-0.2, -0.15) is 0 Å². The quantitative estimate of drug-likeness (QED) is 0.426. The molecule has 0 amide bonds. The Kier molecular flexibility index (Phi) is 10.1. The molecule has 3 heteroatoms. The molecule has 0 aromatic heterocycles. The van der Waals surface area contributed by atoms with Crippen LogP contribution in [-0.2, 0) is 14.3 Å². The van der Waals surface area contributed by atoms with Crippen LogP contribution in [0.25, 0.3) is 0 Å². The van der Waals surface area contributed by atoms with Crippen molar-refractivity contribution >= 4 is 5.97 Å². The zero-order valence-electron chi connectivity index (χ0n) is 9.38. The van der Waals surface area contributed by atoms with Crippen LogP contribution in [0.2, 0.25) is 0 Å². The molecule has 0 radical (unpaired) electrons. The molecule has 14 heavy (non-hydrogen) atoms. The van der Waals surface area contributed by atoms with Crippen molar-refractivity contribution in [1.82, 2.24) is 0 Å². The molecule has 0 fully saturated rings. The molecule has 0 atom stereocenters. The lowest BCUT2D eigenvalue weighted by atomic mass is 10.3. The highest BCUT2D eigenvalue weighted by Gasteiger charge is 1.96. The minimum atomic E-state index is -0.114. The van der Waals surface area contributed by atoms with Gasteiger partial charge >= 0.3 is 5.97 Å². The molecular weight excluding hydrogens is 180 g/mol. The van der Waals surface area contributed by atoms with Crippen molar-refractivity contribution < 1.29 is 14.3 Å². The fourth-order valence-corrected chi connectivity index (χ4v) is 0.943. The van der Waals surface area contributed by atoms with Crippen LogP contribution >= 0.6 is 0 Å². The molecule has 0 aromatic carbocycles. The Morgan fingerprint density at radius 1 is 1.00 bits per heavy atom. The Balaban J connectivity index is 2.95. The van der Waals surface area contributed by atoms with Crippen LogP contribution in [-0.4, -0.2) is 25.8 Å². The van der Waals surface area contributed by atoms with Crippen LogP contribution in [0.5, 0.6) is 0 Å².